The van der Waals surface area contributed by atoms with Gasteiger partial charge in [-0.2, -0.15) is 5.10 Å². The van der Waals surface area contributed by atoms with Gasteiger partial charge in [0.25, 0.3) is 0 Å². The Bertz CT molecular complexity index is 529. The molecule has 1 aromatic heterocycles. The van der Waals surface area contributed by atoms with Crippen molar-refractivity contribution in [3.05, 3.63) is 53.3 Å². The van der Waals surface area contributed by atoms with Gasteiger partial charge in [-0.3, -0.25) is 9.48 Å². The van der Waals surface area contributed by atoms with Crippen molar-refractivity contribution in [2.75, 3.05) is 0 Å². The van der Waals surface area contributed by atoms with Gasteiger partial charge in [0, 0.05) is 19.7 Å². The first-order chi connectivity index (χ1) is 8.15. The first kappa shape index (κ1) is 11.6. The fourth-order valence-electron chi connectivity index (χ4n) is 1.84. The Labute approximate surface area is 101 Å². The molecule has 0 unspecified atom stereocenters. The van der Waals surface area contributed by atoms with E-state index >= 15 is 0 Å². The minimum absolute atomic E-state index is 0.152. The Morgan fingerprint density at radius 2 is 2.24 bits per heavy atom. The molecule has 0 saturated heterocycles. The molecule has 0 aliphatic rings. The quantitative estimate of drug-likeness (QED) is 0.754. The molecule has 1 aromatic carbocycles. The van der Waals surface area contributed by atoms with Gasteiger partial charge in [0.05, 0.1) is 11.8 Å². The molecule has 3 nitrogen and oxygen atoms in total. The number of benzene rings is 1. The number of hydrogen-bond donors (Lipinski definition) is 0. The minimum Gasteiger partial charge on any atom is -0.294 e. The number of aromatic nitrogens is 2. The van der Waals surface area contributed by atoms with Crippen molar-refractivity contribution >= 4 is 5.78 Å². The summed E-state index contributed by atoms with van der Waals surface area (Å²) in [5.41, 5.74) is 3.14. The third-order valence-electron chi connectivity index (χ3n) is 2.75. The summed E-state index contributed by atoms with van der Waals surface area (Å²) in [6.07, 6.45) is 4.71. The predicted octanol–water partition coefficient (Wildman–Crippen LogP) is 2.54. The van der Waals surface area contributed by atoms with Crippen LogP contribution in [-0.2, 0) is 13.5 Å². The van der Waals surface area contributed by atoms with E-state index in [0.717, 1.165) is 6.42 Å². The number of carbonyl (C=O) groups excluding carboxylic acids is 1. The number of hydrogen-bond acceptors (Lipinski definition) is 2. The highest BCUT2D eigenvalue weighted by Crippen LogP contribution is 2.09. The highest BCUT2D eigenvalue weighted by molar-refractivity contribution is 5.95. The first-order valence-electron chi connectivity index (χ1n) is 5.72. The van der Waals surface area contributed by atoms with Crippen molar-refractivity contribution in [1.82, 2.24) is 9.78 Å². The van der Waals surface area contributed by atoms with Crippen LogP contribution in [0.3, 0.4) is 0 Å². The van der Waals surface area contributed by atoms with E-state index < -0.39 is 0 Å². The van der Waals surface area contributed by atoms with Crippen molar-refractivity contribution in [2.45, 2.75) is 19.8 Å². The van der Waals surface area contributed by atoms with Crippen LogP contribution >= 0.6 is 0 Å². The number of rotatable bonds is 4. The van der Waals surface area contributed by atoms with Crippen LogP contribution < -0.4 is 0 Å². The summed E-state index contributed by atoms with van der Waals surface area (Å²) >= 11 is 0. The first-order valence-corrected chi connectivity index (χ1v) is 5.72. The molecule has 0 aliphatic heterocycles. The molecule has 0 amide bonds. The molecule has 3 heteroatoms. The maximum Gasteiger partial charge on any atom is 0.166 e. The van der Waals surface area contributed by atoms with E-state index in [1.54, 1.807) is 17.1 Å². The fraction of sp³-hybridized carbons (Fsp3) is 0.286. The summed E-state index contributed by atoms with van der Waals surface area (Å²) in [4.78, 5) is 11.9. The largest absolute Gasteiger partial charge is 0.294 e. The molecule has 88 valence electrons. The molecule has 1 heterocycles. The molecular weight excluding hydrogens is 212 g/mol. The molecule has 17 heavy (non-hydrogen) atoms. The smallest absolute Gasteiger partial charge is 0.166 e. The number of aryl methyl sites for hydroxylation is 3. The number of carbonyl (C=O) groups is 1. The van der Waals surface area contributed by atoms with Gasteiger partial charge in [0.1, 0.15) is 0 Å². The lowest BCUT2D eigenvalue weighted by atomic mass is 10.0. The molecule has 0 aliphatic carbocycles. The van der Waals surface area contributed by atoms with Crippen LogP contribution in [0.25, 0.3) is 0 Å². The van der Waals surface area contributed by atoms with Gasteiger partial charge in [0.2, 0.25) is 0 Å². The second-order valence-corrected chi connectivity index (χ2v) is 4.31. The Morgan fingerprint density at radius 3 is 2.88 bits per heavy atom. The van der Waals surface area contributed by atoms with Crippen LogP contribution in [0.15, 0.2) is 36.7 Å². The Balaban J connectivity index is 1.97. The lowest BCUT2D eigenvalue weighted by molar-refractivity contribution is 0.0983. The van der Waals surface area contributed by atoms with E-state index in [1.165, 1.54) is 11.1 Å². The van der Waals surface area contributed by atoms with Gasteiger partial charge in [0.15, 0.2) is 5.78 Å². The zero-order valence-corrected chi connectivity index (χ0v) is 10.2. The van der Waals surface area contributed by atoms with Gasteiger partial charge >= 0.3 is 0 Å². The highest BCUT2D eigenvalue weighted by Gasteiger charge is 2.07. The number of nitrogens with zero attached hydrogens (tertiary/aromatic N) is 2. The third-order valence-corrected chi connectivity index (χ3v) is 2.75. The molecule has 0 spiro atoms. The lowest BCUT2D eigenvalue weighted by Gasteiger charge is -2.01. The zero-order chi connectivity index (χ0) is 12.3. The molecule has 0 radical (unpaired) electrons. The summed E-state index contributed by atoms with van der Waals surface area (Å²) < 4.78 is 1.65. The number of Topliss-reactive ketones (excluding diaryl/α,β-unsaturated/α-hetero) is 1. The average Bonchev–Trinajstić information content (AvgIpc) is 2.73. The van der Waals surface area contributed by atoms with Crippen molar-refractivity contribution < 1.29 is 4.79 Å². The van der Waals surface area contributed by atoms with Crippen molar-refractivity contribution in [3.8, 4) is 0 Å². The molecule has 2 rings (SSSR count). The number of ketones is 1. The molecule has 0 saturated carbocycles. The van der Waals surface area contributed by atoms with Crippen molar-refractivity contribution in [3.63, 3.8) is 0 Å². The second kappa shape index (κ2) is 4.95. The van der Waals surface area contributed by atoms with E-state index in [1.807, 2.05) is 13.1 Å². The maximum atomic E-state index is 11.9. The Kier molecular flexibility index (Phi) is 3.38. The van der Waals surface area contributed by atoms with Gasteiger partial charge < -0.3 is 0 Å². The molecule has 0 fully saturated rings. The lowest BCUT2D eigenvalue weighted by Crippen LogP contribution is -2.00. The van der Waals surface area contributed by atoms with Crippen LogP contribution in [0.1, 0.15) is 27.9 Å². The van der Waals surface area contributed by atoms with Crippen LogP contribution in [0, 0.1) is 6.92 Å². The molecule has 2 aromatic rings. The Morgan fingerprint density at radius 1 is 1.41 bits per heavy atom. The standard InChI is InChI=1S/C14H16N2O/c1-11-4-3-5-12(8-11)6-7-14(17)13-9-15-16(2)10-13/h3-5,8-10H,6-7H2,1-2H3. The van der Waals surface area contributed by atoms with Crippen LogP contribution in [0.4, 0.5) is 0 Å². The van der Waals surface area contributed by atoms with Crippen LogP contribution in [0.2, 0.25) is 0 Å². The summed E-state index contributed by atoms with van der Waals surface area (Å²) in [7, 11) is 1.82. The average molecular weight is 228 g/mol. The fourth-order valence-corrected chi connectivity index (χ4v) is 1.84. The Hall–Kier alpha value is -1.90. The van der Waals surface area contributed by atoms with Crippen molar-refractivity contribution in [1.29, 1.82) is 0 Å². The van der Waals surface area contributed by atoms with E-state index in [2.05, 4.69) is 30.2 Å². The normalized spacial score (nSPS) is 10.5. The topological polar surface area (TPSA) is 34.9 Å². The van der Waals surface area contributed by atoms with Crippen LogP contribution in [-0.4, -0.2) is 15.6 Å². The summed E-state index contributed by atoms with van der Waals surface area (Å²) in [6.45, 7) is 2.06. The molecule has 0 bridgehead atoms. The van der Waals surface area contributed by atoms with E-state index in [-0.39, 0.29) is 5.78 Å². The van der Waals surface area contributed by atoms with Gasteiger partial charge in [-0.1, -0.05) is 29.8 Å². The SMILES string of the molecule is Cc1cccc(CCC(=O)c2cnn(C)c2)c1. The second-order valence-electron chi connectivity index (χ2n) is 4.31. The molecule has 0 N–H and O–H groups in total. The summed E-state index contributed by atoms with van der Waals surface area (Å²) in [6, 6.07) is 8.27. The monoisotopic (exact) mass is 228 g/mol. The maximum absolute atomic E-state index is 11.9. The van der Waals surface area contributed by atoms with E-state index in [0.29, 0.717) is 12.0 Å². The van der Waals surface area contributed by atoms with E-state index in [9.17, 15) is 4.79 Å². The highest BCUT2D eigenvalue weighted by atomic mass is 16.1. The molecule has 0 atom stereocenters. The zero-order valence-electron chi connectivity index (χ0n) is 10.2. The minimum atomic E-state index is 0.152. The van der Waals surface area contributed by atoms with E-state index in [4.69, 9.17) is 0 Å². The summed E-state index contributed by atoms with van der Waals surface area (Å²) in [5.74, 6) is 0.152. The summed E-state index contributed by atoms with van der Waals surface area (Å²) in [5, 5.41) is 4.00. The third kappa shape index (κ3) is 3.03. The van der Waals surface area contributed by atoms with Crippen LogP contribution in [0.5, 0.6) is 0 Å². The predicted molar refractivity (Wildman–Crippen MR) is 67.0 cm³/mol. The van der Waals surface area contributed by atoms with Gasteiger partial charge in [-0.25, -0.2) is 0 Å². The van der Waals surface area contributed by atoms with Crippen molar-refractivity contribution in [2.24, 2.45) is 7.05 Å². The molecular formula is C14H16N2O. The van der Waals surface area contributed by atoms with Gasteiger partial charge in [-0.05, 0) is 18.9 Å². The van der Waals surface area contributed by atoms with Gasteiger partial charge in [-0.15, -0.1) is 0 Å².